The highest BCUT2D eigenvalue weighted by atomic mass is 16.5. The molecule has 2 nitrogen and oxygen atoms in total. The summed E-state index contributed by atoms with van der Waals surface area (Å²) in [5, 5.41) is 0. The molecule has 0 aliphatic heterocycles. The molecule has 0 aromatic carbocycles. The summed E-state index contributed by atoms with van der Waals surface area (Å²) in [6.45, 7) is 6.74. The summed E-state index contributed by atoms with van der Waals surface area (Å²) in [7, 11) is 3.51. The van der Waals surface area contributed by atoms with Crippen molar-refractivity contribution in [1.82, 2.24) is 0 Å². The van der Waals surface area contributed by atoms with Crippen LogP contribution in [-0.4, -0.2) is 26.4 Å². The Hall–Kier alpha value is -0.340. The quantitative estimate of drug-likeness (QED) is 0.649. The van der Waals surface area contributed by atoms with Gasteiger partial charge in [0.15, 0.2) is 0 Å². The Morgan fingerprint density at radius 3 is 2.36 bits per heavy atom. The second-order valence-corrected chi connectivity index (χ2v) is 4.43. The van der Waals surface area contributed by atoms with Crippen LogP contribution in [0.1, 0.15) is 27.2 Å². The van der Waals surface area contributed by atoms with Crippen molar-refractivity contribution in [2.75, 3.05) is 14.2 Å². The Balaban J connectivity index is 2.82. The van der Waals surface area contributed by atoms with Gasteiger partial charge in [0, 0.05) is 14.2 Å². The lowest BCUT2D eigenvalue weighted by Gasteiger charge is -2.33. The summed E-state index contributed by atoms with van der Waals surface area (Å²) in [5.41, 5.74) is 1.50. The van der Waals surface area contributed by atoms with Crippen LogP contribution in [0.5, 0.6) is 0 Å². The highest BCUT2D eigenvalue weighted by molar-refractivity contribution is 5.16. The summed E-state index contributed by atoms with van der Waals surface area (Å²) < 4.78 is 10.8. The van der Waals surface area contributed by atoms with Crippen LogP contribution in [0.2, 0.25) is 0 Å². The van der Waals surface area contributed by atoms with E-state index >= 15 is 0 Å². The Bertz CT molecular complexity index is 208. The monoisotopic (exact) mass is 198 g/mol. The summed E-state index contributed by atoms with van der Waals surface area (Å²) in [6, 6.07) is 0. The molecule has 0 spiro atoms. The van der Waals surface area contributed by atoms with Crippen molar-refractivity contribution >= 4 is 0 Å². The van der Waals surface area contributed by atoms with Gasteiger partial charge in [-0.3, -0.25) is 0 Å². The fourth-order valence-corrected chi connectivity index (χ4v) is 2.29. The highest BCUT2D eigenvalue weighted by Gasteiger charge is 2.29. The van der Waals surface area contributed by atoms with Crippen LogP contribution in [0.25, 0.3) is 0 Å². The second kappa shape index (κ2) is 4.94. The van der Waals surface area contributed by atoms with Crippen molar-refractivity contribution in [3.63, 3.8) is 0 Å². The Morgan fingerprint density at radius 1 is 1.29 bits per heavy atom. The lowest BCUT2D eigenvalue weighted by atomic mass is 9.80. The Morgan fingerprint density at radius 2 is 1.93 bits per heavy atom. The van der Waals surface area contributed by atoms with E-state index in [4.69, 9.17) is 9.47 Å². The summed E-state index contributed by atoms with van der Waals surface area (Å²) in [6.07, 6.45) is 3.66. The van der Waals surface area contributed by atoms with E-state index in [0.29, 0.717) is 11.8 Å². The van der Waals surface area contributed by atoms with Crippen molar-refractivity contribution in [3.8, 4) is 0 Å². The molecular weight excluding hydrogens is 176 g/mol. The molecule has 3 unspecified atom stereocenters. The second-order valence-electron chi connectivity index (χ2n) is 4.43. The number of ether oxygens (including phenoxy) is 2. The number of hydrogen-bond donors (Lipinski definition) is 0. The van der Waals surface area contributed by atoms with Gasteiger partial charge in [-0.1, -0.05) is 32.4 Å². The van der Waals surface area contributed by atoms with Crippen LogP contribution in [0.4, 0.5) is 0 Å². The van der Waals surface area contributed by atoms with E-state index in [1.807, 2.05) is 0 Å². The van der Waals surface area contributed by atoms with Crippen LogP contribution in [0, 0.1) is 11.8 Å². The van der Waals surface area contributed by atoms with Gasteiger partial charge in [-0.15, -0.1) is 0 Å². The van der Waals surface area contributed by atoms with Crippen molar-refractivity contribution in [2.24, 2.45) is 11.8 Å². The molecule has 0 saturated carbocycles. The van der Waals surface area contributed by atoms with Crippen LogP contribution in [-0.2, 0) is 9.47 Å². The third kappa shape index (κ3) is 2.37. The fraction of sp³-hybridized carbons (Fsp3) is 0.833. The molecule has 0 bridgehead atoms. The van der Waals surface area contributed by atoms with Crippen molar-refractivity contribution in [1.29, 1.82) is 0 Å². The van der Waals surface area contributed by atoms with Gasteiger partial charge in [0.05, 0.1) is 6.10 Å². The summed E-state index contributed by atoms with van der Waals surface area (Å²) >= 11 is 0. The largest absolute Gasteiger partial charge is 0.378 e. The molecule has 1 aliphatic rings. The van der Waals surface area contributed by atoms with E-state index in [0.717, 1.165) is 6.42 Å². The predicted molar refractivity (Wildman–Crippen MR) is 58.3 cm³/mol. The van der Waals surface area contributed by atoms with Crippen LogP contribution >= 0.6 is 0 Å². The maximum absolute atomic E-state index is 5.42. The number of hydrogen-bond acceptors (Lipinski definition) is 2. The van der Waals surface area contributed by atoms with Crippen LogP contribution in [0.15, 0.2) is 11.6 Å². The van der Waals surface area contributed by atoms with Gasteiger partial charge in [0.2, 0.25) is 0 Å². The van der Waals surface area contributed by atoms with Crippen molar-refractivity contribution in [2.45, 2.75) is 39.4 Å². The lowest BCUT2D eigenvalue weighted by molar-refractivity contribution is -0.0279. The topological polar surface area (TPSA) is 18.5 Å². The molecule has 2 heteroatoms. The molecule has 0 saturated heterocycles. The third-order valence-electron chi connectivity index (χ3n) is 3.12. The van der Waals surface area contributed by atoms with E-state index < -0.39 is 0 Å². The summed E-state index contributed by atoms with van der Waals surface area (Å²) in [4.78, 5) is 0. The van der Waals surface area contributed by atoms with Gasteiger partial charge in [0.25, 0.3) is 0 Å². The van der Waals surface area contributed by atoms with Gasteiger partial charge < -0.3 is 9.47 Å². The molecule has 0 aromatic heterocycles. The molecule has 82 valence electrons. The zero-order valence-corrected chi connectivity index (χ0v) is 9.91. The smallest absolute Gasteiger partial charge is 0.102 e. The number of rotatable bonds is 3. The van der Waals surface area contributed by atoms with E-state index in [2.05, 4.69) is 26.8 Å². The minimum atomic E-state index is 0.133. The number of methoxy groups -OCH3 is 2. The molecule has 0 N–H and O–H groups in total. The SMILES string of the molecule is COC1C=C(C(C)C)C(C)CC1OC. The Labute approximate surface area is 87.3 Å². The fourth-order valence-electron chi connectivity index (χ4n) is 2.29. The lowest BCUT2D eigenvalue weighted by Crippen LogP contribution is -2.35. The molecule has 0 fully saturated rings. The first-order valence-electron chi connectivity index (χ1n) is 5.37. The first-order valence-corrected chi connectivity index (χ1v) is 5.37. The molecule has 0 heterocycles. The van der Waals surface area contributed by atoms with Crippen molar-refractivity contribution < 1.29 is 9.47 Å². The first-order chi connectivity index (χ1) is 6.60. The molecule has 0 amide bonds. The predicted octanol–water partition coefficient (Wildman–Crippen LogP) is 2.64. The van der Waals surface area contributed by atoms with E-state index in [9.17, 15) is 0 Å². The first kappa shape index (κ1) is 11.7. The zero-order valence-electron chi connectivity index (χ0n) is 9.91. The number of allylic oxidation sites excluding steroid dienone is 1. The maximum atomic E-state index is 5.42. The average Bonchev–Trinajstić information content (AvgIpc) is 2.16. The van der Waals surface area contributed by atoms with Crippen LogP contribution in [0.3, 0.4) is 0 Å². The van der Waals surface area contributed by atoms with Crippen LogP contribution < -0.4 is 0 Å². The molecule has 1 aliphatic carbocycles. The van der Waals surface area contributed by atoms with Gasteiger partial charge in [-0.25, -0.2) is 0 Å². The van der Waals surface area contributed by atoms with Gasteiger partial charge >= 0.3 is 0 Å². The third-order valence-corrected chi connectivity index (χ3v) is 3.12. The molecule has 1 rings (SSSR count). The van der Waals surface area contributed by atoms with E-state index in [-0.39, 0.29) is 12.2 Å². The minimum absolute atomic E-state index is 0.133. The molecule has 14 heavy (non-hydrogen) atoms. The summed E-state index contributed by atoms with van der Waals surface area (Å²) in [5.74, 6) is 1.23. The van der Waals surface area contributed by atoms with Gasteiger partial charge in [-0.2, -0.15) is 0 Å². The Kier molecular flexibility index (Phi) is 4.14. The van der Waals surface area contributed by atoms with Gasteiger partial charge in [0.1, 0.15) is 6.10 Å². The van der Waals surface area contributed by atoms with E-state index in [1.165, 1.54) is 5.57 Å². The molecule has 0 radical (unpaired) electrons. The average molecular weight is 198 g/mol. The maximum Gasteiger partial charge on any atom is 0.102 e. The van der Waals surface area contributed by atoms with E-state index in [1.54, 1.807) is 14.2 Å². The molecule has 3 atom stereocenters. The van der Waals surface area contributed by atoms with Gasteiger partial charge in [-0.05, 0) is 18.3 Å². The molecule has 0 aromatic rings. The standard InChI is InChI=1S/C12H22O2/c1-8(2)10-7-12(14-5)11(13-4)6-9(10)3/h7-9,11-12H,6H2,1-5H3. The molecular formula is C12H22O2. The zero-order chi connectivity index (χ0) is 10.7. The highest BCUT2D eigenvalue weighted by Crippen LogP contribution is 2.32. The normalized spacial score (nSPS) is 33.3. The van der Waals surface area contributed by atoms with Crippen molar-refractivity contribution in [3.05, 3.63) is 11.6 Å². The minimum Gasteiger partial charge on any atom is -0.378 e.